The Balaban J connectivity index is 1.53. The van der Waals surface area contributed by atoms with Crippen LogP contribution in [-0.4, -0.2) is 16.9 Å². The molecule has 0 atom stereocenters. The van der Waals surface area contributed by atoms with E-state index in [0.717, 1.165) is 5.56 Å². The molecular weight excluding hydrogens is 447 g/mol. The fourth-order valence-electron chi connectivity index (χ4n) is 2.29. The number of rotatable bonds is 5. The highest BCUT2D eigenvalue weighted by Crippen LogP contribution is 2.20. The van der Waals surface area contributed by atoms with E-state index < -0.39 is 17.8 Å². The number of thiazole rings is 1. The maximum atomic E-state index is 13.8. The molecule has 0 radical (unpaired) electrons. The van der Waals surface area contributed by atoms with Crippen molar-refractivity contribution < 1.29 is 14.0 Å². The second-order valence-electron chi connectivity index (χ2n) is 5.94. The normalized spacial score (nSPS) is 10.4. The van der Waals surface area contributed by atoms with Gasteiger partial charge in [-0.05, 0) is 37.3 Å². The lowest BCUT2D eigenvalue weighted by Gasteiger charge is -2.06. The van der Waals surface area contributed by atoms with Crippen LogP contribution in [0, 0.1) is 12.7 Å². The van der Waals surface area contributed by atoms with Gasteiger partial charge in [0.2, 0.25) is 5.91 Å². The number of nitrogens with one attached hydrogen (secondary N) is 3. The minimum absolute atomic E-state index is 0.0345. The van der Waals surface area contributed by atoms with Crippen molar-refractivity contribution >= 4 is 55.7 Å². The second kappa shape index (κ2) is 8.94. The number of nitrogens with zero attached hydrogens (tertiary/aromatic N) is 1. The Morgan fingerprint density at radius 2 is 1.86 bits per heavy atom. The van der Waals surface area contributed by atoms with Crippen LogP contribution in [0.15, 0.2) is 52.3 Å². The SMILES string of the molecule is Cc1ccc(NC(=O)Nc2nc(CC(=O)Nc3ccc(Br)cc3F)cs2)cc1. The zero-order valence-corrected chi connectivity index (χ0v) is 17.2. The number of aromatic nitrogens is 1. The maximum absolute atomic E-state index is 13.8. The van der Waals surface area contributed by atoms with Crippen LogP contribution in [0.2, 0.25) is 0 Å². The van der Waals surface area contributed by atoms with Crippen LogP contribution in [0.4, 0.5) is 25.7 Å². The first-order valence-corrected chi connectivity index (χ1v) is 9.90. The van der Waals surface area contributed by atoms with Crippen LogP contribution in [0.5, 0.6) is 0 Å². The van der Waals surface area contributed by atoms with Crippen molar-refractivity contribution in [1.82, 2.24) is 4.98 Å². The van der Waals surface area contributed by atoms with Gasteiger partial charge in [0.05, 0.1) is 17.8 Å². The molecule has 0 spiro atoms. The molecule has 0 aliphatic carbocycles. The lowest BCUT2D eigenvalue weighted by molar-refractivity contribution is -0.115. The minimum atomic E-state index is -0.531. The summed E-state index contributed by atoms with van der Waals surface area (Å²) in [6.07, 6.45) is -0.0345. The Morgan fingerprint density at radius 1 is 1.11 bits per heavy atom. The van der Waals surface area contributed by atoms with Crippen molar-refractivity contribution in [3.63, 3.8) is 0 Å². The molecule has 0 aliphatic rings. The summed E-state index contributed by atoms with van der Waals surface area (Å²) in [6, 6.07) is 11.3. The summed E-state index contributed by atoms with van der Waals surface area (Å²) in [6.45, 7) is 1.96. The van der Waals surface area contributed by atoms with E-state index >= 15 is 0 Å². The minimum Gasteiger partial charge on any atom is -0.323 e. The Kier molecular flexibility index (Phi) is 6.37. The van der Waals surface area contributed by atoms with Crippen LogP contribution >= 0.6 is 27.3 Å². The molecule has 1 aromatic heterocycles. The molecule has 0 bridgehead atoms. The lowest BCUT2D eigenvalue weighted by Crippen LogP contribution is -2.19. The first-order valence-electron chi connectivity index (χ1n) is 8.23. The number of hydrogen-bond acceptors (Lipinski definition) is 4. The van der Waals surface area contributed by atoms with Crippen molar-refractivity contribution in [3.05, 3.63) is 69.4 Å². The molecule has 3 N–H and O–H groups in total. The number of amides is 3. The van der Waals surface area contributed by atoms with Gasteiger partial charge in [-0.3, -0.25) is 10.1 Å². The molecule has 144 valence electrons. The summed E-state index contributed by atoms with van der Waals surface area (Å²) in [5, 5.41) is 9.86. The van der Waals surface area contributed by atoms with Gasteiger partial charge in [-0.25, -0.2) is 14.2 Å². The molecule has 3 aromatic rings. The van der Waals surface area contributed by atoms with Crippen LogP contribution in [0.1, 0.15) is 11.3 Å². The molecule has 0 saturated carbocycles. The average molecular weight is 463 g/mol. The van der Waals surface area contributed by atoms with Crippen molar-refractivity contribution in [1.29, 1.82) is 0 Å². The lowest BCUT2D eigenvalue weighted by atomic mass is 10.2. The molecule has 3 amide bonds. The smallest absolute Gasteiger partial charge is 0.323 e. The van der Waals surface area contributed by atoms with Gasteiger partial charge < -0.3 is 10.6 Å². The van der Waals surface area contributed by atoms with Crippen LogP contribution in [-0.2, 0) is 11.2 Å². The van der Waals surface area contributed by atoms with Crippen LogP contribution in [0.3, 0.4) is 0 Å². The molecule has 0 aliphatic heterocycles. The van der Waals surface area contributed by atoms with Crippen LogP contribution in [0.25, 0.3) is 0 Å². The van der Waals surface area contributed by atoms with Gasteiger partial charge in [-0.15, -0.1) is 11.3 Å². The number of carbonyl (C=O) groups is 2. The molecule has 1 heterocycles. The monoisotopic (exact) mass is 462 g/mol. The third-order valence-corrected chi connectivity index (χ3v) is 4.93. The molecule has 0 fully saturated rings. The van der Waals surface area contributed by atoms with Crippen molar-refractivity contribution in [3.8, 4) is 0 Å². The number of halogens is 2. The topological polar surface area (TPSA) is 83.1 Å². The highest BCUT2D eigenvalue weighted by molar-refractivity contribution is 9.10. The Morgan fingerprint density at radius 3 is 2.57 bits per heavy atom. The van der Waals surface area contributed by atoms with E-state index in [0.29, 0.717) is 21.0 Å². The summed E-state index contributed by atoms with van der Waals surface area (Å²) in [7, 11) is 0. The van der Waals surface area contributed by atoms with Gasteiger partial charge in [0.25, 0.3) is 0 Å². The fraction of sp³-hybridized carbons (Fsp3) is 0.105. The Bertz CT molecular complexity index is 1010. The average Bonchev–Trinajstić information content (AvgIpc) is 3.06. The Labute approximate surface area is 173 Å². The first-order chi connectivity index (χ1) is 13.4. The second-order valence-corrected chi connectivity index (χ2v) is 7.71. The fourth-order valence-corrected chi connectivity index (χ4v) is 3.33. The summed E-state index contributed by atoms with van der Waals surface area (Å²) in [5.41, 5.74) is 2.33. The number of carbonyl (C=O) groups excluding carboxylic acids is 2. The van der Waals surface area contributed by atoms with E-state index in [1.807, 2.05) is 19.1 Å². The van der Waals surface area contributed by atoms with E-state index in [4.69, 9.17) is 0 Å². The zero-order chi connectivity index (χ0) is 20.1. The van der Waals surface area contributed by atoms with E-state index in [9.17, 15) is 14.0 Å². The number of aryl methyl sites for hydroxylation is 1. The van der Waals surface area contributed by atoms with Crippen LogP contribution < -0.4 is 16.0 Å². The van der Waals surface area contributed by atoms with Gasteiger partial charge in [-0.2, -0.15) is 0 Å². The number of hydrogen-bond donors (Lipinski definition) is 3. The molecule has 28 heavy (non-hydrogen) atoms. The predicted octanol–water partition coefficient (Wildman–Crippen LogP) is 5.18. The highest BCUT2D eigenvalue weighted by Gasteiger charge is 2.12. The van der Waals surface area contributed by atoms with E-state index in [2.05, 4.69) is 36.9 Å². The quantitative estimate of drug-likeness (QED) is 0.488. The van der Waals surface area contributed by atoms with Gasteiger partial charge in [-0.1, -0.05) is 33.6 Å². The molecule has 0 saturated heterocycles. The third kappa shape index (κ3) is 5.61. The number of anilines is 3. The summed E-state index contributed by atoms with van der Waals surface area (Å²) < 4.78 is 14.4. The highest BCUT2D eigenvalue weighted by atomic mass is 79.9. The van der Waals surface area contributed by atoms with E-state index in [1.54, 1.807) is 23.6 Å². The molecule has 0 unspecified atom stereocenters. The predicted molar refractivity (Wildman–Crippen MR) is 112 cm³/mol. The largest absolute Gasteiger partial charge is 0.325 e. The molecule has 2 aromatic carbocycles. The van der Waals surface area contributed by atoms with Crippen molar-refractivity contribution in [2.45, 2.75) is 13.3 Å². The molecule has 3 rings (SSSR count). The number of benzene rings is 2. The third-order valence-electron chi connectivity index (χ3n) is 3.63. The zero-order valence-electron chi connectivity index (χ0n) is 14.8. The van der Waals surface area contributed by atoms with E-state index in [-0.39, 0.29) is 12.1 Å². The van der Waals surface area contributed by atoms with Gasteiger partial charge in [0, 0.05) is 15.5 Å². The van der Waals surface area contributed by atoms with Gasteiger partial charge in [0.15, 0.2) is 5.13 Å². The van der Waals surface area contributed by atoms with Crippen molar-refractivity contribution in [2.24, 2.45) is 0 Å². The maximum Gasteiger partial charge on any atom is 0.325 e. The number of urea groups is 1. The standard InChI is InChI=1S/C19H16BrFN4O2S/c1-11-2-5-13(6-3-11)22-18(27)25-19-23-14(10-28-19)9-17(26)24-16-7-4-12(20)8-15(16)21/h2-8,10H,9H2,1H3,(H,24,26)(H2,22,23,25,27). The summed E-state index contributed by atoms with van der Waals surface area (Å²) in [4.78, 5) is 28.3. The molecule has 9 heteroatoms. The van der Waals surface area contributed by atoms with Gasteiger partial charge >= 0.3 is 6.03 Å². The molecule has 6 nitrogen and oxygen atoms in total. The van der Waals surface area contributed by atoms with E-state index in [1.165, 1.54) is 23.5 Å². The van der Waals surface area contributed by atoms with Crippen molar-refractivity contribution in [2.75, 3.05) is 16.0 Å². The Hall–Kier alpha value is -2.78. The summed E-state index contributed by atoms with van der Waals surface area (Å²) >= 11 is 4.36. The summed E-state index contributed by atoms with van der Waals surface area (Å²) in [5.74, 6) is -0.932. The first kappa shape index (κ1) is 20.0. The molecular formula is C19H16BrFN4O2S. The van der Waals surface area contributed by atoms with Gasteiger partial charge in [0.1, 0.15) is 5.82 Å².